The molecule has 0 unspecified atom stereocenters. The molecule has 0 saturated heterocycles. The summed E-state index contributed by atoms with van der Waals surface area (Å²) in [5, 5.41) is 0. The quantitative estimate of drug-likeness (QED) is 0.576. The number of carbonyl (C=O) groups is 1. The molecule has 0 aromatic heterocycles. The van der Waals surface area contributed by atoms with E-state index >= 15 is 0 Å². The van der Waals surface area contributed by atoms with Gasteiger partial charge >= 0.3 is 0 Å². The smallest absolute Gasteiger partial charge is 0.214 e. The highest BCUT2D eigenvalue weighted by Crippen LogP contribution is 2.30. The van der Waals surface area contributed by atoms with Gasteiger partial charge in [0.15, 0.2) is 0 Å². The van der Waals surface area contributed by atoms with Gasteiger partial charge in [0.2, 0.25) is 6.41 Å². The highest BCUT2D eigenvalue weighted by atomic mass is 32.1. The molecule has 1 saturated carbocycles. The summed E-state index contributed by atoms with van der Waals surface area (Å²) in [6.45, 7) is 0. The summed E-state index contributed by atoms with van der Waals surface area (Å²) in [5.74, 6) is 0. The summed E-state index contributed by atoms with van der Waals surface area (Å²) in [6, 6.07) is 8.09. The number of anilines is 1. The summed E-state index contributed by atoms with van der Waals surface area (Å²) in [5.41, 5.74) is 0.968. The predicted octanol–water partition coefficient (Wildman–Crippen LogP) is 2.10. The van der Waals surface area contributed by atoms with Crippen LogP contribution < -0.4 is 4.90 Å². The van der Waals surface area contributed by atoms with Crippen molar-refractivity contribution in [3.8, 4) is 0 Å². The number of amides is 1. The normalized spacial score (nSPS) is 15.5. The van der Waals surface area contributed by atoms with Crippen LogP contribution in [0.4, 0.5) is 5.69 Å². The molecule has 0 atom stereocenters. The van der Waals surface area contributed by atoms with Crippen molar-refractivity contribution in [3.05, 3.63) is 24.3 Å². The van der Waals surface area contributed by atoms with Crippen molar-refractivity contribution in [1.82, 2.24) is 0 Å². The van der Waals surface area contributed by atoms with Crippen LogP contribution in [0.2, 0.25) is 0 Å². The minimum Gasteiger partial charge on any atom is -0.312 e. The Morgan fingerprint density at radius 1 is 1.31 bits per heavy atom. The molecule has 0 heterocycles. The Labute approximate surface area is 83.0 Å². The first-order valence-corrected chi connectivity index (χ1v) is 4.78. The largest absolute Gasteiger partial charge is 0.312 e. The number of thiol groups is 1. The maximum atomic E-state index is 10.8. The SMILES string of the molecule is O=CN(c1ccc(S)cc1)C1CC1. The molecule has 1 aliphatic rings. The highest BCUT2D eigenvalue weighted by Gasteiger charge is 2.28. The second-order valence-electron chi connectivity index (χ2n) is 3.26. The fourth-order valence-corrected chi connectivity index (χ4v) is 1.48. The fraction of sp³-hybridized carbons (Fsp3) is 0.300. The Kier molecular flexibility index (Phi) is 2.27. The van der Waals surface area contributed by atoms with Gasteiger partial charge in [-0.2, -0.15) is 0 Å². The molecule has 1 aliphatic carbocycles. The molecule has 0 bridgehead atoms. The Morgan fingerprint density at radius 2 is 1.92 bits per heavy atom. The van der Waals surface area contributed by atoms with E-state index in [1.165, 1.54) is 0 Å². The zero-order valence-corrected chi connectivity index (χ0v) is 8.08. The van der Waals surface area contributed by atoms with Crippen LogP contribution >= 0.6 is 12.6 Å². The van der Waals surface area contributed by atoms with E-state index in [1.807, 2.05) is 24.3 Å². The van der Waals surface area contributed by atoms with Gasteiger partial charge in [0, 0.05) is 16.6 Å². The third-order valence-electron chi connectivity index (χ3n) is 2.20. The third kappa shape index (κ3) is 1.86. The van der Waals surface area contributed by atoms with Gasteiger partial charge < -0.3 is 4.90 Å². The molecule has 0 aliphatic heterocycles. The predicted molar refractivity (Wildman–Crippen MR) is 55.3 cm³/mol. The number of carbonyl (C=O) groups excluding carboxylic acids is 1. The van der Waals surface area contributed by atoms with Crippen molar-refractivity contribution >= 4 is 24.7 Å². The molecular formula is C10H11NOS. The second-order valence-corrected chi connectivity index (χ2v) is 3.78. The molecule has 1 aromatic rings. The number of rotatable bonds is 3. The molecule has 0 N–H and O–H groups in total. The molecular weight excluding hydrogens is 182 g/mol. The average Bonchev–Trinajstić information content (AvgIpc) is 2.93. The van der Waals surface area contributed by atoms with Gasteiger partial charge in [0.25, 0.3) is 0 Å². The van der Waals surface area contributed by atoms with Crippen LogP contribution in [-0.2, 0) is 4.79 Å². The van der Waals surface area contributed by atoms with Gasteiger partial charge in [-0.05, 0) is 37.1 Å². The van der Waals surface area contributed by atoms with Crippen LogP contribution in [0.5, 0.6) is 0 Å². The second kappa shape index (κ2) is 3.42. The first-order chi connectivity index (χ1) is 6.31. The Bertz CT molecular complexity index is 305. The van der Waals surface area contributed by atoms with Crippen molar-refractivity contribution in [2.45, 2.75) is 23.8 Å². The standard InChI is InChI=1S/C10H11NOS/c12-7-11(8-1-2-8)9-3-5-10(13)6-4-9/h3-8,13H,1-2H2. The number of hydrogen-bond donors (Lipinski definition) is 1. The van der Waals surface area contributed by atoms with Crippen LogP contribution in [-0.4, -0.2) is 12.5 Å². The van der Waals surface area contributed by atoms with Gasteiger partial charge in [0.1, 0.15) is 0 Å². The molecule has 3 heteroatoms. The summed E-state index contributed by atoms with van der Waals surface area (Å²) >= 11 is 4.19. The zero-order chi connectivity index (χ0) is 9.26. The summed E-state index contributed by atoms with van der Waals surface area (Å²) < 4.78 is 0. The topological polar surface area (TPSA) is 20.3 Å². The Hall–Kier alpha value is -0.960. The van der Waals surface area contributed by atoms with Crippen molar-refractivity contribution in [2.24, 2.45) is 0 Å². The molecule has 2 nitrogen and oxygen atoms in total. The first kappa shape index (κ1) is 8.63. The highest BCUT2D eigenvalue weighted by molar-refractivity contribution is 7.80. The molecule has 1 amide bonds. The lowest BCUT2D eigenvalue weighted by atomic mass is 10.3. The van der Waals surface area contributed by atoms with E-state index in [-0.39, 0.29) is 0 Å². The molecule has 68 valence electrons. The molecule has 1 fully saturated rings. The third-order valence-corrected chi connectivity index (χ3v) is 2.50. The van der Waals surface area contributed by atoms with Gasteiger partial charge in [0.05, 0.1) is 0 Å². The van der Waals surface area contributed by atoms with Crippen molar-refractivity contribution in [3.63, 3.8) is 0 Å². The fourth-order valence-electron chi connectivity index (χ4n) is 1.34. The maximum absolute atomic E-state index is 10.8. The molecule has 2 rings (SSSR count). The summed E-state index contributed by atoms with van der Waals surface area (Å²) in [6.07, 6.45) is 3.16. The lowest BCUT2D eigenvalue weighted by Gasteiger charge is -2.16. The van der Waals surface area contributed by atoms with E-state index in [2.05, 4.69) is 12.6 Å². The van der Waals surface area contributed by atoms with Crippen molar-refractivity contribution < 1.29 is 4.79 Å². The van der Waals surface area contributed by atoms with E-state index in [0.29, 0.717) is 6.04 Å². The molecule has 0 spiro atoms. The minimum absolute atomic E-state index is 0.434. The Balaban J connectivity index is 2.21. The minimum atomic E-state index is 0.434. The van der Waals surface area contributed by atoms with E-state index in [1.54, 1.807) is 4.90 Å². The van der Waals surface area contributed by atoms with Crippen molar-refractivity contribution in [2.75, 3.05) is 4.90 Å². The molecule has 13 heavy (non-hydrogen) atoms. The molecule has 1 aromatic carbocycles. The molecule has 0 radical (unpaired) electrons. The van der Waals surface area contributed by atoms with E-state index < -0.39 is 0 Å². The van der Waals surface area contributed by atoms with E-state index in [9.17, 15) is 4.79 Å². The zero-order valence-electron chi connectivity index (χ0n) is 7.18. The van der Waals surface area contributed by atoms with E-state index in [4.69, 9.17) is 0 Å². The van der Waals surface area contributed by atoms with Crippen LogP contribution in [0.3, 0.4) is 0 Å². The monoisotopic (exact) mass is 193 g/mol. The van der Waals surface area contributed by atoms with Crippen LogP contribution in [0, 0.1) is 0 Å². The van der Waals surface area contributed by atoms with Crippen LogP contribution in [0.1, 0.15) is 12.8 Å². The lowest BCUT2D eigenvalue weighted by molar-refractivity contribution is -0.107. The van der Waals surface area contributed by atoms with Gasteiger partial charge in [-0.15, -0.1) is 12.6 Å². The van der Waals surface area contributed by atoms with Gasteiger partial charge in [-0.3, -0.25) is 4.79 Å². The van der Waals surface area contributed by atoms with Crippen LogP contribution in [0.25, 0.3) is 0 Å². The van der Waals surface area contributed by atoms with Crippen LogP contribution in [0.15, 0.2) is 29.2 Å². The number of nitrogens with zero attached hydrogens (tertiary/aromatic N) is 1. The summed E-state index contributed by atoms with van der Waals surface area (Å²) in [7, 11) is 0. The first-order valence-electron chi connectivity index (χ1n) is 4.34. The number of benzene rings is 1. The number of hydrogen-bond acceptors (Lipinski definition) is 2. The van der Waals surface area contributed by atoms with E-state index in [0.717, 1.165) is 29.8 Å². The maximum Gasteiger partial charge on any atom is 0.214 e. The summed E-state index contributed by atoms with van der Waals surface area (Å²) in [4.78, 5) is 13.5. The Morgan fingerprint density at radius 3 is 2.38 bits per heavy atom. The van der Waals surface area contributed by atoms with Gasteiger partial charge in [-0.25, -0.2) is 0 Å². The average molecular weight is 193 g/mol. The van der Waals surface area contributed by atoms with Crippen molar-refractivity contribution in [1.29, 1.82) is 0 Å². The lowest BCUT2D eigenvalue weighted by Crippen LogP contribution is -2.23. The van der Waals surface area contributed by atoms with Gasteiger partial charge in [-0.1, -0.05) is 0 Å².